The average Bonchev–Trinajstić information content (AvgIpc) is 3.43. The summed E-state index contributed by atoms with van der Waals surface area (Å²) in [4.78, 5) is 24.6. The molecule has 6 heteroatoms. The number of carbonyl (C=O) groups is 2. The zero-order valence-electron chi connectivity index (χ0n) is 51.7. The van der Waals surface area contributed by atoms with Gasteiger partial charge in [0.1, 0.15) is 0 Å². The van der Waals surface area contributed by atoms with Gasteiger partial charge in [-0.25, -0.2) is 0 Å². The fraction of sp³-hybridized carbons (Fsp3) is 0.859. The number of aliphatic hydroxyl groups excluding tert-OH is 2. The third-order valence-corrected chi connectivity index (χ3v) is 15.9. The lowest BCUT2D eigenvalue weighted by molar-refractivity contribution is -0.143. The van der Waals surface area contributed by atoms with Crippen LogP contribution in [0.1, 0.15) is 367 Å². The first-order valence-electron chi connectivity index (χ1n) is 34.4. The highest BCUT2D eigenvalue weighted by Crippen LogP contribution is 2.18. The van der Waals surface area contributed by atoms with Crippen molar-refractivity contribution < 1.29 is 24.5 Å². The van der Waals surface area contributed by atoms with E-state index in [9.17, 15) is 19.8 Å². The van der Waals surface area contributed by atoms with Gasteiger partial charge in [0.2, 0.25) is 5.91 Å². The van der Waals surface area contributed by atoms with E-state index in [-0.39, 0.29) is 18.5 Å². The summed E-state index contributed by atoms with van der Waals surface area (Å²) in [7, 11) is 0. The third kappa shape index (κ3) is 62.9. The minimum Gasteiger partial charge on any atom is -0.466 e. The van der Waals surface area contributed by atoms with Gasteiger partial charge in [0.15, 0.2) is 0 Å². The Morgan fingerprint density at radius 2 is 0.649 bits per heavy atom. The molecule has 2 unspecified atom stereocenters. The minimum absolute atomic E-state index is 0.00673. The molecule has 0 rings (SSSR count). The molecule has 0 aromatic rings. The maximum Gasteiger partial charge on any atom is 0.305 e. The van der Waals surface area contributed by atoms with E-state index >= 15 is 0 Å². The number of amides is 1. The van der Waals surface area contributed by atoms with Crippen molar-refractivity contribution in [2.75, 3.05) is 13.2 Å². The van der Waals surface area contributed by atoms with Crippen LogP contribution in [0.25, 0.3) is 0 Å². The Kier molecular flexibility index (Phi) is 64.5. The van der Waals surface area contributed by atoms with Crippen LogP contribution >= 0.6 is 0 Å². The van der Waals surface area contributed by atoms with Crippen LogP contribution in [0.5, 0.6) is 0 Å². The average molecular weight is 1080 g/mol. The van der Waals surface area contributed by atoms with Crippen LogP contribution in [0, 0.1) is 0 Å². The van der Waals surface area contributed by atoms with E-state index in [2.05, 4.69) is 67.8 Å². The number of esters is 1. The molecule has 1 amide bonds. The summed E-state index contributed by atoms with van der Waals surface area (Å²) in [6.07, 6.45) is 85.7. The van der Waals surface area contributed by atoms with Gasteiger partial charge < -0.3 is 20.3 Å². The van der Waals surface area contributed by atoms with E-state index in [0.717, 1.165) is 64.2 Å². The van der Waals surface area contributed by atoms with Gasteiger partial charge in [0, 0.05) is 12.8 Å². The van der Waals surface area contributed by atoms with E-state index in [4.69, 9.17) is 4.74 Å². The third-order valence-electron chi connectivity index (χ3n) is 15.9. The zero-order chi connectivity index (χ0) is 55.7. The summed E-state index contributed by atoms with van der Waals surface area (Å²) in [5.74, 6) is -0.0492. The highest BCUT2D eigenvalue weighted by molar-refractivity contribution is 5.76. The molecule has 0 aromatic carbocycles. The number of ether oxygens (including phenoxy) is 1. The van der Waals surface area contributed by atoms with Gasteiger partial charge in [0.25, 0.3) is 0 Å². The smallest absolute Gasteiger partial charge is 0.305 e. The van der Waals surface area contributed by atoms with Gasteiger partial charge in [-0.15, -0.1) is 0 Å². The molecule has 2 atom stereocenters. The van der Waals surface area contributed by atoms with Crippen molar-refractivity contribution in [1.29, 1.82) is 0 Å². The van der Waals surface area contributed by atoms with Crippen LogP contribution in [0.15, 0.2) is 48.6 Å². The molecule has 0 fully saturated rings. The van der Waals surface area contributed by atoms with Gasteiger partial charge in [-0.05, 0) is 89.9 Å². The normalized spacial score (nSPS) is 12.8. The number of allylic oxidation sites excluding steroid dienone is 8. The van der Waals surface area contributed by atoms with Gasteiger partial charge in [-0.3, -0.25) is 9.59 Å². The molecular weight excluding hydrogens is 947 g/mol. The molecular formula is C71H133NO5. The molecule has 0 aliphatic carbocycles. The molecule has 0 spiro atoms. The van der Waals surface area contributed by atoms with E-state index in [1.54, 1.807) is 0 Å². The Hall–Kier alpha value is -2.18. The lowest BCUT2D eigenvalue weighted by atomic mass is 10.0. The topological polar surface area (TPSA) is 95.9 Å². The first kappa shape index (κ1) is 74.8. The Balaban J connectivity index is 3.46. The van der Waals surface area contributed by atoms with E-state index in [1.807, 2.05) is 0 Å². The Morgan fingerprint density at radius 1 is 0.364 bits per heavy atom. The van der Waals surface area contributed by atoms with Crippen molar-refractivity contribution in [3.8, 4) is 0 Å². The van der Waals surface area contributed by atoms with Crippen LogP contribution in [-0.4, -0.2) is 47.4 Å². The van der Waals surface area contributed by atoms with Crippen molar-refractivity contribution in [2.45, 2.75) is 379 Å². The number of rotatable bonds is 64. The van der Waals surface area contributed by atoms with Crippen LogP contribution in [0.4, 0.5) is 0 Å². The van der Waals surface area contributed by atoms with Crippen LogP contribution in [0.3, 0.4) is 0 Å². The molecule has 0 saturated carbocycles. The molecule has 0 bridgehead atoms. The maximum absolute atomic E-state index is 12.5. The molecule has 0 aliphatic rings. The quantitative estimate of drug-likeness (QED) is 0.0320. The Bertz CT molecular complexity index is 1290. The summed E-state index contributed by atoms with van der Waals surface area (Å²) >= 11 is 0. The first-order chi connectivity index (χ1) is 38.0. The van der Waals surface area contributed by atoms with Crippen molar-refractivity contribution in [2.24, 2.45) is 0 Å². The second kappa shape index (κ2) is 66.3. The Morgan fingerprint density at radius 3 is 1.01 bits per heavy atom. The highest BCUT2D eigenvalue weighted by atomic mass is 16.5. The molecule has 0 saturated heterocycles. The zero-order valence-corrected chi connectivity index (χ0v) is 51.7. The van der Waals surface area contributed by atoms with Gasteiger partial charge in [-0.1, -0.05) is 313 Å². The van der Waals surface area contributed by atoms with Gasteiger partial charge in [0.05, 0.1) is 25.4 Å². The molecule has 452 valence electrons. The van der Waals surface area contributed by atoms with E-state index in [1.165, 1.54) is 270 Å². The summed E-state index contributed by atoms with van der Waals surface area (Å²) in [5.41, 5.74) is 0. The standard InChI is InChI=1S/C71H133NO5/c1-3-5-7-9-11-13-15-17-19-20-21-22-26-29-32-36-39-43-47-51-55-59-63-69(74)68(67-73)72-70(75)64-60-56-52-48-44-40-37-33-30-27-24-23-25-28-31-34-38-42-46-50-54-58-62-66-77-71(76)65-61-57-53-49-45-41-35-18-16-14-12-10-8-6-4-2/h12,14,18,23,25,27,30,35,68-69,73-74H,3-11,13,15-17,19-22,24,26,28-29,31-34,36-67H2,1-2H3,(H,72,75)/b14-12-,25-23-,30-27-,35-18-. The number of hydrogen-bond donors (Lipinski definition) is 3. The van der Waals surface area contributed by atoms with Gasteiger partial charge in [-0.2, -0.15) is 0 Å². The van der Waals surface area contributed by atoms with Crippen LogP contribution < -0.4 is 5.32 Å². The molecule has 0 aliphatic heterocycles. The van der Waals surface area contributed by atoms with E-state index in [0.29, 0.717) is 25.9 Å². The van der Waals surface area contributed by atoms with Gasteiger partial charge >= 0.3 is 5.97 Å². The van der Waals surface area contributed by atoms with Crippen molar-refractivity contribution >= 4 is 11.9 Å². The fourth-order valence-corrected chi connectivity index (χ4v) is 10.6. The summed E-state index contributed by atoms with van der Waals surface area (Å²) in [6, 6.07) is -0.551. The molecule has 0 heterocycles. The fourth-order valence-electron chi connectivity index (χ4n) is 10.6. The Labute approximate surface area is 480 Å². The van der Waals surface area contributed by atoms with Crippen molar-refractivity contribution in [3.63, 3.8) is 0 Å². The predicted octanol–water partition coefficient (Wildman–Crippen LogP) is 22.1. The first-order valence-corrected chi connectivity index (χ1v) is 34.4. The monoisotopic (exact) mass is 1080 g/mol. The number of unbranched alkanes of at least 4 members (excludes halogenated alkanes) is 45. The predicted molar refractivity (Wildman–Crippen MR) is 338 cm³/mol. The number of carbonyl (C=O) groups excluding carboxylic acids is 2. The summed E-state index contributed by atoms with van der Waals surface area (Å²) < 4.78 is 5.48. The van der Waals surface area contributed by atoms with Crippen LogP contribution in [0.2, 0.25) is 0 Å². The molecule has 0 radical (unpaired) electrons. The van der Waals surface area contributed by atoms with Crippen molar-refractivity contribution in [3.05, 3.63) is 48.6 Å². The molecule has 3 N–H and O–H groups in total. The summed E-state index contributed by atoms with van der Waals surface area (Å²) in [5, 5.41) is 23.4. The lowest BCUT2D eigenvalue weighted by Crippen LogP contribution is -2.45. The molecule has 0 aromatic heterocycles. The molecule has 6 nitrogen and oxygen atoms in total. The number of hydrogen-bond acceptors (Lipinski definition) is 5. The number of aliphatic hydroxyl groups is 2. The number of nitrogens with one attached hydrogen (secondary N) is 1. The van der Waals surface area contributed by atoms with Crippen molar-refractivity contribution in [1.82, 2.24) is 5.32 Å². The second-order valence-electron chi connectivity index (χ2n) is 23.5. The second-order valence-corrected chi connectivity index (χ2v) is 23.5. The lowest BCUT2D eigenvalue weighted by Gasteiger charge is -2.22. The van der Waals surface area contributed by atoms with Crippen LogP contribution in [-0.2, 0) is 14.3 Å². The largest absolute Gasteiger partial charge is 0.466 e. The minimum atomic E-state index is -0.673. The van der Waals surface area contributed by atoms with E-state index < -0.39 is 12.1 Å². The highest BCUT2D eigenvalue weighted by Gasteiger charge is 2.20. The molecule has 77 heavy (non-hydrogen) atoms. The summed E-state index contributed by atoms with van der Waals surface area (Å²) in [6.45, 7) is 4.94. The maximum atomic E-state index is 12.5. The SMILES string of the molecule is CCCCC/C=C\C/C=C\CCCCCCCC(=O)OCCCCCCCCCCC/C=C\C/C=C\CCCCCCCCCC(=O)NC(CO)C(O)CCCCCCCCCCCCCCCCCCCCCCCC.